The normalized spacial score (nSPS) is 12.3. The number of unbranched alkanes of at least 4 members (excludes halogenated alkanes) is 15. The van der Waals surface area contributed by atoms with Crippen LogP contribution in [0.5, 0.6) is 0 Å². The second kappa shape index (κ2) is 32.7. The molecule has 0 fully saturated rings. The zero-order chi connectivity index (χ0) is 37.4. The minimum atomic E-state index is -0.246. The monoisotopic (exact) mass is 716 g/mol. The van der Waals surface area contributed by atoms with Gasteiger partial charge in [-0.1, -0.05) is 129 Å². The van der Waals surface area contributed by atoms with Crippen molar-refractivity contribution in [2.75, 3.05) is 32.8 Å². The quantitative estimate of drug-likeness (QED) is 0.0557. The number of aliphatic hydroxyl groups excluding tert-OH is 1. The molecule has 0 spiro atoms. The lowest BCUT2D eigenvalue weighted by Crippen LogP contribution is -2.27. The molecule has 51 heavy (non-hydrogen) atoms. The van der Waals surface area contributed by atoms with Crippen molar-refractivity contribution < 1.29 is 24.2 Å². The second-order valence-electron chi connectivity index (χ2n) is 15.6. The average Bonchev–Trinajstić information content (AvgIpc) is 3.11. The van der Waals surface area contributed by atoms with Gasteiger partial charge >= 0.3 is 11.9 Å². The molecular formula is C45H81NO5. The molecule has 0 heterocycles. The molecule has 0 aliphatic carbocycles. The van der Waals surface area contributed by atoms with E-state index in [1.807, 2.05) is 6.92 Å². The fourth-order valence-corrected chi connectivity index (χ4v) is 6.84. The Morgan fingerprint density at radius 2 is 1.16 bits per heavy atom. The van der Waals surface area contributed by atoms with Crippen LogP contribution in [0.15, 0.2) is 24.3 Å². The number of hydrogen-bond acceptors (Lipinski definition) is 6. The van der Waals surface area contributed by atoms with E-state index < -0.39 is 0 Å². The molecule has 0 aromatic heterocycles. The highest BCUT2D eigenvalue weighted by Crippen LogP contribution is 2.20. The molecule has 0 saturated carbocycles. The molecule has 1 aromatic carbocycles. The highest BCUT2D eigenvalue weighted by molar-refractivity contribution is 5.77. The summed E-state index contributed by atoms with van der Waals surface area (Å²) in [5.74, 6) is 0.214. The average molecular weight is 716 g/mol. The minimum Gasteiger partial charge on any atom is -0.465 e. The standard InChI is InChI=1S/C45H81NO5/c1-6-8-10-12-14-18-26-43(27-19-15-13-11-9-7-2)51-44(48)28-20-22-34-46(35-23-24-36-47)33-21-16-17-25-37-50-45(49)40(5)42-31-29-41(30-32-42)38-39(3)4/h29-32,39-40,43,47H,6-28,33-38H2,1-5H3. The Balaban J connectivity index is 2.34. The van der Waals surface area contributed by atoms with Crippen LogP contribution in [-0.2, 0) is 25.5 Å². The van der Waals surface area contributed by atoms with Crippen molar-refractivity contribution in [2.24, 2.45) is 5.92 Å². The number of carbonyl (C=O) groups excluding carboxylic acids is 2. The van der Waals surface area contributed by atoms with E-state index in [0.29, 0.717) is 18.9 Å². The van der Waals surface area contributed by atoms with E-state index in [2.05, 4.69) is 56.9 Å². The van der Waals surface area contributed by atoms with E-state index >= 15 is 0 Å². The van der Waals surface area contributed by atoms with E-state index in [-0.39, 0.29) is 30.6 Å². The summed E-state index contributed by atoms with van der Waals surface area (Å²) in [4.78, 5) is 28.0. The molecular weight excluding hydrogens is 634 g/mol. The van der Waals surface area contributed by atoms with Gasteiger partial charge in [0.25, 0.3) is 0 Å². The molecule has 0 aliphatic rings. The molecule has 6 nitrogen and oxygen atoms in total. The van der Waals surface area contributed by atoms with Gasteiger partial charge in [0.2, 0.25) is 0 Å². The Morgan fingerprint density at radius 1 is 0.647 bits per heavy atom. The molecule has 0 saturated heterocycles. The third kappa shape index (κ3) is 26.5. The molecule has 1 N–H and O–H groups in total. The topological polar surface area (TPSA) is 76.1 Å². The molecule has 0 aliphatic heterocycles. The van der Waals surface area contributed by atoms with Crippen LogP contribution in [0.4, 0.5) is 0 Å². The van der Waals surface area contributed by atoms with Crippen molar-refractivity contribution in [1.82, 2.24) is 4.90 Å². The molecule has 0 bridgehead atoms. The molecule has 1 aromatic rings. The molecule has 1 rings (SSSR count). The minimum absolute atomic E-state index is 0.0153. The van der Waals surface area contributed by atoms with Gasteiger partial charge in [-0.25, -0.2) is 0 Å². The van der Waals surface area contributed by atoms with Crippen LogP contribution in [0.1, 0.15) is 199 Å². The number of esters is 2. The summed E-state index contributed by atoms with van der Waals surface area (Å²) in [5.41, 5.74) is 2.32. The smallest absolute Gasteiger partial charge is 0.313 e. The molecule has 1 atom stereocenters. The maximum atomic E-state index is 12.9. The van der Waals surface area contributed by atoms with Crippen LogP contribution >= 0.6 is 0 Å². The lowest BCUT2D eigenvalue weighted by molar-refractivity contribution is -0.150. The highest BCUT2D eigenvalue weighted by atomic mass is 16.5. The zero-order valence-corrected chi connectivity index (χ0v) is 34.1. The maximum Gasteiger partial charge on any atom is 0.313 e. The molecule has 6 heteroatoms. The lowest BCUT2D eigenvalue weighted by atomic mass is 9.97. The number of carbonyl (C=O) groups is 2. The van der Waals surface area contributed by atoms with Gasteiger partial charge in [0.15, 0.2) is 0 Å². The van der Waals surface area contributed by atoms with E-state index in [1.54, 1.807) is 0 Å². The van der Waals surface area contributed by atoms with Crippen molar-refractivity contribution in [2.45, 2.75) is 201 Å². The predicted octanol–water partition coefficient (Wildman–Crippen LogP) is 11.7. The second-order valence-corrected chi connectivity index (χ2v) is 15.6. The van der Waals surface area contributed by atoms with E-state index in [1.165, 1.54) is 82.6 Å². The third-order valence-electron chi connectivity index (χ3n) is 10.1. The van der Waals surface area contributed by atoms with Crippen LogP contribution in [0.3, 0.4) is 0 Å². The summed E-state index contributed by atoms with van der Waals surface area (Å²) in [7, 11) is 0. The number of aliphatic hydroxyl groups is 1. The van der Waals surface area contributed by atoms with Crippen LogP contribution in [0.25, 0.3) is 0 Å². The van der Waals surface area contributed by atoms with E-state index in [4.69, 9.17) is 9.47 Å². The van der Waals surface area contributed by atoms with Crippen LogP contribution in [0.2, 0.25) is 0 Å². The van der Waals surface area contributed by atoms with Gasteiger partial charge < -0.3 is 19.5 Å². The summed E-state index contributed by atoms with van der Waals surface area (Å²) >= 11 is 0. The maximum absolute atomic E-state index is 12.9. The first kappa shape index (κ1) is 47.1. The highest BCUT2D eigenvalue weighted by Gasteiger charge is 2.17. The molecule has 0 amide bonds. The van der Waals surface area contributed by atoms with E-state index in [9.17, 15) is 14.7 Å². The van der Waals surface area contributed by atoms with Crippen LogP contribution < -0.4 is 0 Å². The van der Waals surface area contributed by atoms with Gasteiger partial charge in [0.1, 0.15) is 6.10 Å². The first-order chi connectivity index (χ1) is 24.8. The van der Waals surface area contributed by atoms with Gasteiger partial charge in [-0.2, -0.15) is 0 Å². The Labute approximate surface area is 315 Å². The number of nitrogens with zero attached hydrogens (tertiary/aromatic N) is 1. The first-order valence-corrected chi connectivity index (χ1v) is 21.6. The Morgan fingerprint density at radius 3 is 1.73 bits per heavy atom. The van der Waals surface area contributed by atoms with Crippen molar-refractivity contribution in [3.8, 4) is 0 Å². The van der Waals surface area contributed by atoms with Gasteiger partial charge in [0, 0.05) is 13.0 Å². The Kier molecular flexibility index (Phi) is 30.2. The summed E-state index contributed by atoms with van der Waals surface area (Å²) in [6.07, 6.45) is 26.7. The van der Waals surface area contributed by atoms with Crippen molar-refractivity contribution >= 4 is 11.9 Å². The summed E-state index contributed by atoms with van der Waals surface area (Å²) in [6, 6.07) is 8.39. The third-order valence-corrected chi connectivity index (χ3v) is 10.1. The fourth-order valence-electron chi connectivity index (χ4n) is 6.84. The first-order valence-electron chi connectivity index (χ1n) is 21.6. The Hall–Kier alpha value is -1.92. The number of ether oxygens (including phenoxy) is 2. The lowest BCUT2D eigenvalue weighted by Gasteiger charge is -2.22. The summed E-state index contributed by atoms with van der Waals surface area (Å²) < 4.78 is 11.7. The fraction of sp³-hybridized carbons (Fsp3) is 0.822. The molecule has 1 unspecified atom stereocenters. The van der Waals surface area contributed by atoms with E-state index in [0.717, 1.165) is 95.8 Å². The van der Waals surface area contributed by atoms with Gasteiger partial charge in [-0.15, -0.1) is 0 Å². The van der Waals surface area contributed by atoms with Gasteiger partial charge in [0.05, 0.1) is 12.5 Å². The van der Waals surface area contributed by atoms with Crippen molar-refractivity contribution in [3.63, 3.8) is 0 Å². The summed E-state index contributed by atoms with van der Waals surface area (Å²) in [5, 5.41) is 9.30. The largest absolute Gasteiger partial charge is 0.465 e. The SMILES string of the molecule is CCCCCCCCC(CCCCCCCC)OC(=O)CCCCN(CCCCO)CCCCCCOC(=O)C(C)c1ccc(CC(C)C)cc1. The number of rotatable bonds is 35. The summed E-state index contributed by atoms with van der Waals surface area (Å²) in [6.45, 7) is 14.6. The van der Waals surface area contributed by atoms with Crippen molar-refractivity contribution in [1.29, 1.82) is 0 Å². The van der Waals surface area contributed by atoms with Gasteiger partial charge in [-0.3, -0.25) is 9.59 Å². The Bertz CT molecular complexity index is 932. The number of benzene rings is 1. The molecule has 296 valence electrons. The van der Waals surface area contributed by atoms with Crippen molar-refractivity contribution in [3.05, 3.63) is 35.4 Å². The number of hydrogen-bond donors (Lipinski definition) is 1. The van der Waals surface area contributed by atoms with Gasteiger partial charge in [-0.05, 0) is 114 Å². The molecule has 0 radical (unpaired) electrons. The zero-order valence-electron chi connectivity index (χ0n) is 34.1. The van der Waals surface area contributed by atoms with Crippen LogP contribution in [-0.4, -0.2) is 60.9 Å². The predicted molar refractivity (Wildman–Crippen MR) is 215 cm³/mol. The van der Waals surface area contributed by atoms with Crippen LogP contribution in [0, 0.1) is 5.92 Å².